The molecule has 1 aromatic heterocycles. The zero-order valence-electron chi connectivity index (χ0n) is 18.2. The van der Waals surface area contributed by atoms with Gasteiger partial charge in [-0.3, -0.25) is 0 Å². The quantitative estimate of drug-likeness (QED) is 0.252. The zero-order chi connectivity index (χ0) is 21.6. The maximum absolute atomic E-state index is 12.2. The highest BCUT2D eigenvalue weighted by molar-refractivity contribution is 6.76. The van der Waals surface area contributed by atoms with Gasteiger partial charge in [0.2, 0.25) is 0 Å². The first-order valence-electron chi connectivity index (χ1n) is 10.4. The molecular weight excluding hydrogens is 392 g/mol. The van der Waals surface area contributed by atoms with E-state index in [9.17, 15) is 4.79 Å². The van der Waals surface area contributed by atoms with Gasteiger partial charge >= 0.3 is 5.97 Å². The van der Waals surface area contributed by atoms with Gasteiger partial charge in [0.15, 0.2) is 0 Å². The molecule has 0 bridgehead atoms. The number of ether oxygens (including phenoxy) is 2. The molecule has 0 saturated carbocycles. The van der Waals surface area contributed by atoms with E-state index < -0.39 is 8.07 Å². The summed E-state index contributed by atoms with van der Waals surface area (Å²) < 4.78 is 13.0. The Hall–Kier alpha value is -2.70. The molecule has 5 nitrogen and oxygen atoms in total. The summed E-state index contributed by atoms with van der Waals surface area (Å²) in [6, 6.07) is 18.7. The van der Waals surface area contributed by atoms with Gasteiger partial charge in [-0.2, -0.15) is 5.10 Å². The summed E-state index contributed by atoms with van der Waals surface area (Å²) in [5, 5.41) is 4.60. The molecule has 0 fully saturated rings. The zero-order valence-corrected chi connectivity index (χ0v) is 19.2. The van der Waals surface area contributed by atoms with Crippen LogP contribution in [0.15, 0.2) is 60.8 Å². The first-order chi connectivity index (χ1) is 14.4. The van der Waals surface area contributed by atoms with Gasteiger partial charge in [0.25, 0.3) is 0 Å². The molecule has 0 radical (unpaired) electrons. The second kappa shape index (κ2) is 9.87. The fourth-order valence-electron chi connectivity index (χ4n) is 3.15. The monoisotopic (exact) mass is 422 g/mol. The van der Waals surface area contributed by atoms with Crippen LogP contribution in [0.4, 0.5) is 0 Å². The number of hydrogen-bond donors (Lipinski definition) is 0. The summed E-state index contributed by atoms with van der Waals surface area (Å²) in [6.45, 7) is 10.3. The highest BCUT2D eigenvalue weighted by atomic mass is 28.3. The van der Waals surface area contributed by atoms with Gasteiger partial charge in [-0.25, -0.2) is 9.48 Å². The number of carbonyl (C=O) groups excluding carboxylic acids is 1. The van der Waals surface area contributed by atoms with Crippen molar-refractivity contribution in [2.45, 2.75) is 39.3 Å². The van der Waals surface area contributed by atoms with Crippen LogP contribution >= 0.6 is 0 Å². The van der Waals surface area contributed by atoms with Gasteiger partial charge in [0, 0.05) is 25.8 Å². The summed E-state index contributed by atoms with van der Waals surface area (Å²) in [5.74, 6) is -0.321. The summed E-state index contributed by atoms with van der Waals surface area (Å²) in [6.07, 6.45) is 1.86. The van der Waals surface area contributed by atoms with Crippen molar-refractivity contribution in [1.29, 1.82) is 0 Å². The van der Waals surface area contributed by atoms with Crippen LogP contribution in [0.25, 0.3) is 22.4 Å². The van der Waals surface area contributed by atoms with E-state index in [4.69, 9.17) is 9.47 Å². The topological polar surface area (TPSA) is 53.3 Å². The van der Waals surface area contributed by atoms with Gasteiger partial charge < -0.3 is 9.47 Å². The Morgan fingerprint density at radius 2 is 1.77 bits per heavy atom. The lowest BCUT2D eigenvalue weighted by atomic mass is 10.0. The third-order valence-electron chi connectivity index (χ3n) is 4.78. The molecule has 0 spiro atoms. The van der Waals surface area contributed by atoms with Crippen molar-refractivity contribution < 1.29 is 14.3 Å². The molecule has 0 unspecified atom stereocenters. The van der Waals surface area contributed by atoms with Gasteiger partial charge in [-0.1, -0.05) is 62.1 Å². The number of aromatic nitrogens is 2. The standard InChI is InChI=1S/C24H30N2O3Si/c1-5-29-24(27)21-13-9-12-20(16-21)23-22(19-10-7-6-8-11-19)17-25-26(23)18-28-14-15-30(2,3)4/h6-13,16-17H,5,14-15,18H2,1-4H3. The molecular formula is C24H30N2O3Si. The van der Waals surface area contributed by atoms with Crippen LogP contribution in [0, 0.1) is 0 Å². The second-order valence-electron chi connectivity index (χ2n) is 8.42. The fourth-order valence-corrected chi connectivity index (χ4v) is 3.91. The van der Waals surface area contributed by atoms with Crippen molar-refractivity contribution in [3.63, 3.8) is 0 Å². The molecule has 30 heavy (non-hydrogen) atoms. The van der Waals surface area contributed by atoms with Crippen molar-refractivity contribution in [3.05, 3.63) is 66.4 Å². The second-order valence-corrected chi connectivity index (χ2v) is 14.0. The molecule has 3 rings (SSSR count). The average Bonchev–Trinajstić information content (AvgIpc) is 3.15. The van der Waals surface area contributed by atoms with Gasteiger partial charge in [0.1, 0.15) is 6.73 Å². The Morgan fingerprint density at radius 3 is 2.47 bits per heavy atom. The summed E-state index contributed by atoms with van der Waals surface area (Å²) in [5.41, 5.74) is 4.44. The van der Waals surface area contributed by atoms with E-state index in [0.717, 1.165) is 35.0 Å². The largest absolute Gasteiger partial charge is 0.462 e. The van der Waals surface area contributed by atoms with Crippen molar-refractivity contribution >= 4 is 14.0 Å². The van der Waals surface area contributed by atoms with E-state index in [0.29, 0.717) is 18.9 Å². The van der Waals surface area contributed by atoms with Crippen LogP contribution in [0.1, 0.15) is 17.3 Å². The average molecular weight is 423 g/mol. The van der Waals surface area contributed by atoms with E-state index in [-0.39, 0.29) is 5.97 Å². The number of nitrogens with zero attached hydrogens (tertiary/aromatic N) is 2. The van der Waals surface area contributed by atoms with Gasteiger partial charge in [0.05, 0.1) is 24.1 Å². The molecule has 0 N–H and O–H groups in total. The molecule has 158 valence electrons. The van der Waals surface area contributed by atoms with Crippen molar-refractivity contribution in [3.8, 4) is 22.4 Å². The van der Waals surface area contributed by atoms with E-state index >= 15 is 0 Å². The third kappa shape index (κ3) is 5.68. The predicted molar refractivity (Wildman–Crippen MR) is 123 cm³/mol. The summed E-state index contributed by atoms with van der Waals surface area (Å²) in [4.78, 5) is 12.2. The van der Waals surface area contributed by atoms with E-state index in [2.05, 4.69) is 36.9 Å². The smallest absolute Gasteiger partial charge is 0.338 e. The first-order valence-corrected chi connectivity index (χ1v) is 14.1. The number of hydrogen-bond acceptors (Lipinski definition) is 4. The summed E-state index contributed by atoms with van der Waals surface area (Å²) in [7, 11) is -1.15. The minimum Gasteiger partial charge on any atom is -0.462 e. The number of esters is 1. The van der Waals surface area contributed by atoms with Crippen LogP contribution in [-0.4, -0.2) is 37.0 Å². The van der Waals surface area contributed by atoms with Crippen LogP contribution in [0.3, 0.4) is 0 Å². The van der Waals surface area contributed by atoms with Crippen LogP contribution in [0.2, 0.25) is 25.7 Å². The Labute approximate surface area is 179 Å². The van der Waals surface area contributed by atoms with Crippen molar-refractivity contribution in [2.24, 2.45) is 0 Å². The molecule has 3 aromatic rings. The van der Waals surface area contributed by atoms with Gasteiger partial charge in [-0.05, 0) is 30.7 Å². The Bertz CT molecular complexity index is 978. The maximum atomic E-state index is 12.2. The van der Waals surface area contributed by atoms with Crippen molar-refractivity contribution in [2.75, 3.05) is 13.2 Å². The van der Waals surface area contributed by atoms with Gasteiger partial charge in [-0.15, -0.1) is 0 Å². The maximum Gasteiger partial charge on any atom is 0.338 e. The Kier molecular flexibility index (Phi) is 7.23. The SMILES string of the molecule is CCOC(=O)c1cccc(-c2c(-c3ccccc3)cnn2COCC[Si](C)(C)C)c1. The lowest BCUT2D eigenvalue weighted by Crippen LogP contribution is -2.22. The molecule has 0 atom stereocenters. The lowest BCUT2D eigenvalue weighted by Gasteiger charge is -2.16. The normalized spacial score (nSPS) is 11.5. The third-order valence-corrected chi connectivity index (χ3v) is 6.49. The molecule has 2 aromatic carbocycles. The minimum atomic E-state index is -1.15. The highest BCUT2D eigenvalue weighted by Gasteiger charge is 2.17. The minimum absolute atomic E-state index is 0.321. The Morgan fingerprint density at radius 1 is 1.03 bits per heavy atom. The Balaban J connectivity index is 1.95. The molecule has 0 aliphatic heterocycles. The number of carbonyl (C=O) groups is 1. The predicted octanol–water partition coefficient (Wildman–Crippen LogP) is 5.71. The molecule has 0 saturated heterocycles. The number of rotatable bonds is 9. The highest BCUT2D eigenvalue weighted by Crippen LogP contribution is 2.32. The number of benzene rings is 2. The first kappa shape index (κ1) is 22.0. The van der Waals surface area contributed by atoms with Crippen LogP contribution in [0.5, 0.6) is 0 Å². The molecule has 1 heterocycles. The summed E-state index contributed by atoms with van der Waals surface area (Å²) >= 11 is 0. The van der Waals surface area contributed by atoms with E-state index in [1.807, 2.05) is 54.2 Å². The van der Waals surface area contributed by atoms with E-state index in [1.54, 1.807) is 6.07 Å². The fraction of sp³-hybridized carbons (Fsp3) is 0.333. The van der Waals surface area contributed by atoms with Crippen LogP contribution < -0.4 is 0 Å². The van der Waals surface area contributed by atoms with Crippen molar-refractivity contribution in [1.82, 2.24) is 9.78 Å². The lowest BCUT2D eigenvalue weighted by molar-refractivity contribution is 0.0526. The van der Waals surface area contributed by atoms with E-state index in [1.165, 1.54) is 0 Å². The van der Waals surface area contributed by atoms with Crippen LogP contribution in [-0.2, 0) is 16.2 Å². The molecule has 0 aliphatic rings. The molecule has 0 aliphatic carbocycles. The molecule has 6 heteroatoms. The molecule has 0 amide bonds.